The van der Waals surface area contributed by atoms with E-state index >= 15 is 0 Å². The van der Waals surface area contributed by atoms with Crippen molar-refractivity contribution in [1.29, 1.82) is 0 Å². The van der Waals surface area contributed by atoms with Crippen LogP contribution in [-0.2, 0) is 28.7 Å². The fourth-order valence-corrected chi connectivity index (χ4v) is 7.05. The van der Waals surface area contributed by atoms with Gasteiger partial charge in [0.2, 0.25) is 5.91 Å². The monoisotopic (exact) mass is 595 g/mol. The molecular weight excluding hydrogens is 570 g/mol. The van der Waals surface area contributed by atoms with Gasteiger partial charge in [-0.2, -0.15) is 28.9 Å². The first-order valence-corrected chi connectivity index (χ1v) is 14.0. The van der Waals surface area contributed by atoms with E-state index in [1.165, 1.54) is 24.3 Å². The molecule has 3 aromatic rings. The molecule has 0 aliphatic carbocycles. The van der Waals surface area contributed by atoms with E-state index < -0.39 is 70.9 Å². The number of hydrogen-bond acceptors (Lipinski definition) is 6. The van der Waals surface area contributed by atoms with Crippen LogP contribution < -0.4 is 5.32 Å². The number of carbonyl (C=O) groups is 3. The van der Waals surface area contributed by atoms with Gasteiger partial charge in [-0.3, -0.25) is 28.3 Å². The van der Waals surface area contributed by atoms with Crippen molar-refractivity contribution in [2.24, 2.45) is 7.05 Å². The van der Waals surface area contributed by atoms with Crippen molar-refractivity contribution in [1.82, 2.24) is 24.9 Å². The molecule has 10 nitrogen and oxygen atoms in total. The van der Waals surface area contributed by atoms with Crippen molar-refractivity contribution in [2.45, 2.75) is 36.1 Å². The lowest BCUT2D eigenvalue weighted by Gasteiger charge is -2.32. The average molecular weight is 596 g/mol. The van der Waals surface area contributed by atoms with E-state index in [-0.39, 0.29) is 16.0 Å². The third-order valence-corrected chi connectivity index (χ3v) is 9.12. The normalized spacial score (nSPS) is 21.1. The summed E-state index contributed by atoms with van der Waals surface area (Å²) in [5.41, 5.74) is -0.357. The minimum absolute atomic E-state index is 0.0318. The lowest BCUT2D eigenvalue weighted by molar-refractivity contribution is -0.187. The Bertz CT molecular complexity index is 1540. The summed E-state index contributed by atoms with van der Waals surface area (Å²) >= 11 is 0. The molecule has 2 atom stereocenters. The highest BCUT2D eigenvalue weighted by Crippen LogP contribution is 2.62. The number of carbonyl (C=O) groups excluding carboxylic acids is 3. The number of urea groups is 1. The van der Waals surface area contributed by atoms with E-state index in [9.17, 15) is 41.1 Å². The number of fused-ring (bicyclic) bond motifs is 2. The van der Waals surface area contributed by atoms with Gasteiger partial charge in [0.05, 0.1) is 16.8 Å². The Morgan fingerprint density at radius 1 is 1.17 bits per heavy atom. The summed E-state index contributed by atoms with van der Waals surface area (Å²) in [4.78, 5) is 40.8. The number of hydrogen-bond donors (Lipinski definition) is 3. The summed E-state index contributed by atoms with van der Waals surface area (Å²) in [7, 11) is -1.88. The molecule has 2 aliphatic rings. The van der Waals surface area contributed by atoms with Gasteiger partial charge in [-0.05, 0) is 36.2 Å². The predicted molar refractivity (Wildman–Crippen MR) is 139 cm³/mol. The Balaban J connectivity index is 1.44. The van der Waals surface area contributed by atoms with Gasteiger partial charge in [0.15, 0.2) is 5.54 Å². The molecule has 1 aromatic heterocycles. The first-order valence-electron chi connectivity index (χ1n) is 12.3. The Labute approximate surface area is 232 Å². The minimum Gasteiger partial charge on any atom is -0.325 e. The Morgan fingerprint density at radius 3 is 2.46 bits per heavy atom. The van der Waals surface area contributed by atoms with Gasteiger partial charge < -0.3 is 10.2 Å². The van der Waals surface area contributed by atoms with Crippen LogP contribution in [0.2, 0.25) is 0 Å². The molecule has 1 saturated heterocycles. The fourth-order valence-electron chi connectivity index (χ4n) is 5.03. The molecule has 218 valence electrons. The smallest absolute Gasteiger partial charge is 0.325 e. The SMILES string of the molecule is C[C@H](N(Cc1ccc(F)cc1)C(=O)CN1C(=O)N[C@]2(CS(O)(O)c3cc(-c4cnn(C)c4)ccc32)C1=O)C(F)(F)F. The number of nitrogens with one attached hydrogen (secondary N) is 1. The Kier molecular flexibility index (Phi) is 6.87. The number of nitrogens with zero attached hydrogens (tertiary/aromatic N) is 4. The van der Waals surface area contributed by atoms with Gasteiger partial charge in [0.25, 0.3) is 5.91 Å². The number of imide groups is 1. The van der Waals surface area contributed by atoms with E-state index in [0.29, 0.717) is 20.9 Å². The molecule has 3 heterocycles. The van der Waals surface area contributed by atoms with Crippen LogP contribution in [0.4, 0.5) is 22.4 Å². The molecular formula is C26H25F4N5O5S. The fraction of sp³-hybridized carbons (Fsp3) is 0.308. The number of amides is 4. The van der Waals surface area contributed by atoms with Crippen LogP contribution in [0.3, 0.4) is 0 Å². The van der Waals surface area contributed by atoms with E-state index in [1.54, 1.807) is 30.2 Å². The predicted octanol–water partition coefficient (Wildman–Crippen LogP) is 4.08. The molecule has 41 heavy (non-hydrogen) atoms. The molecule has 2 aromatic carbocycles. The maximum Gasteiger partial charge on any atom is 0.408 e. The third-order valence-electron chi connectivity index (χ3n) is 7.25. The van der Waals surface area contributed by atoms with Crippen molar-refractivity contribution in [3.8, 4) is 11.1 Å². The minimum atomic E-state index is -4.83. The highest BCUT2D eigenvalue weighted by molar-refractivity contribution is 8.24. The number of aryl methyl sites for hydroxylation is 1. The lowest BCUT2D eigenvalue weighted by Crippen LogP contribution is -2.51. The molecule has 1 fully saturated rings. The molecule has 0 radical (unpaired) electrons. The van der Waals surface area contributed by atoms with Crippen LogP contribution in [0.15, 0.2) is 59.8 Å². The zero-order valence-electron chi connectivity index (χ0n) is 21.7. The molecule has 0 unspecified atom stereocenters. The zero-order valence-corrected chi connectivity index (χ0v) is 22.5. The Morgan fingerprint density at radius 2 is 1.85 bits per heavy atom. The van der Waals surface area contributed by atoms with Gasteiger partial charge >= 0.3 is 12.2 Å². The highest BCUT2D eigenvalue weighted by Gasteiger charge is 2.60. The van der Waals surface area contributed by atoms with Crippen molar-refractivity contribution in [2.75, 3.05) is 12.3 Å². The molecule has 1 spiro atoms. The maximum atomic E-state index is 13.7. The standard InChI is InChI=1S/C26H25F4N5O5S/c1-15(26(28,29)30)34(11-16-3-6-19(27)7-4-16)22(36)13-35-23(37)25(32-24(35)38)14-41(39,40)21-9-17(5-8-20(21)25)18-10-31-33(2)12-18/h3-10,12,15,39-40H,11,13-14H2,1-2H3,(H,32,38)/t15-,25-/m0/s1. The summed E-state index contributed by atoms with van der Waals surface area (Å²) in [5, 5.41) is 6.53. The molecule has 4 amide bonds. The van der Waals surface area contributed by atoms with Crippen LogP contribution in [0.1, 0.15) is 18.1 Å². The first-order chi connectivity index (χ1) is 19.1. The van der Waals surface area contributed by atoms with Gasteiger partial charge in [0.1, 0.15) is 18.4 Å². The lowest BCUT2D eigenvalue weighted by atomic mass is 9.91. The number of alkyl halides is 3. The summed E-state index contributed by atoms with van der Waals surface area (Å²) < 4.78 is 77.7. The van der Waals surface area contributed by atoms with E-state index in [0.717, 1.165) is 19.1 Å². The summed E-state index contributed by atoms with van der Waals surface area (Å²) in [6, 6.07) is 5.72. The van der Waals surface area contributed by atoms with Crippen molar-refractivity contribution >= 4 is 28.4 Å². The van der Waals surface area contributed by atoms with Crippen LogP contribution in [0.25, 0.3) is 11.1 Å². The topological polar surface area (TPSA) is 128 Å². The van der Waals surface area contributed by atoms with Gasteiger partial charge in [-0.1, -0.05) is 24.3 Å². The molecule has 0 saturated carbocycles. The van der Waals surface area contributed by atoms with Crippen LogP contribution in [0.5, 0.6) is 0 Å². The Hall–Kier alpha value is -3.95. The van der Waals surface area contributed by atoms with Crippen LogP contribution in [-0.4, -0.2) is 71.0 Å². The second-order valence-corrected chi connectivity index (χ2v) is 12.1. The number of aromatic nitrogens is 2. The first kappa shape index (κ1) is 28.6. The molecule has 3 N–H and O–H groups in total. The summed E-state index contributed by atoms with van der Waals surface area (Å²) in [6.07, 6.45) is -1.57. The van der Waals surface area contributed by atoms with Crippen molar-refractivity contribution < 1.29 is 41.1 Å². The average Bonchev–Trinajstić information content (AvgIpc) is 3.50. The quantitative estimate of drug-likeness (QED) is 0.291. The van der Waals surface area contributed by atoms with E-state index in [2.05, 4.69) is 10.4 Å². The summed E-state index contributed by atoms with van der Waals surface area (Å²) in [6.45, 7) is -0.831. The number of benzene rings is 2. The van der Waals surface area contributed by atoms with Crippen molar-refractivity contribution in [3.63, 3.8) is 0 Å². The zero-order chi connectivity index (χ0) is 29.9. The van der Waals surface area contributed by atoms with Crippen molar-refractivity contribution in [3.05, 3.63) is 71.8 Å². The largest absolute Gasteiger partial charge is 0.408 e. The van der Waals surface area contributed by atoms with Gasteiger partial charge in [-0.15, -0.1) is 0 Å². The molecule has 0 bridgehead atoms. The second kappa shape index (κ2) is 9.85. The van der Waals surface area contributed by atoms with E-state index in [4.69, 9.17) is 0 Å². The van der Waals surface area contributed by atoms with Crippen LogP contribution >= 0.6 is 10.6 Å². The number of rotatable bonds is 6. The maximum absolute atomic E-state index is 13.7. The van der Waals surface area contributed by atoms with E-state index in [1.807, 2.05) is 0 Å². The molecule has 15 heteroatoms. The van der Waals surface area contributed by atoms with Gasteiger partial charge in [0, 0.05) is 30.9 Å². The molecule has 2 aliphatic heterocycles. The molecule has 5 rings (SSSR count). The second-order valence-electron chi connectivity index (χ2n) is 10.0. The van der Waals surface area contributed by atoms with Gasteiger partial charge in [-0.25, -0.2) is 9.18 Å². The number of halogens is 4. The van der Waals surface area contributed by atoms with Crippen LogP contribution in [0, 0.1) is 5.82 Å². The highest BCUT2D eigenvalue weighted by atomic mass is 32.3. The third kappa shape index (κ3) is 5.04. The summed E-state index contributed by atoms with van der Waals surface area (Å²) in [5.74, 6) is -3.39.